The summed E-state index contributed by atoms with van der Waals surface area (Å²) in [5.41, 5.74) is 1.96. The molecule has 1 unspecified atom stereocenters. The molecule has 2 aliphatic carbocycles. The molecule has 0 amide bonds. The van der Waals surface area contributed by atoms with Crippen LogP contribution in [0.4, 0.5) is 0 Å². The molecule has 8 heteroatoms. The highest BCUT2D eigenvalue weighted by molar-refractivity contribution is 7.46. The summed E-state index contributed by atoms with van der Waals surface area (Å²) < 4.78 is 30.5. The number of ether oxygens (including phenoxy) is 1. The van der Waals surface area contributed by atoms with Crippen LogP contribution in [-0.4, -0.2) is 23.3 Å². The zero-order valence-electron chi connectivity index (χ0n) is 27.8. The molecule has 0 radical (unpaired) electrons. The molecule has 1 N–H and O–H groups in total. The second-order valence-electron chi connectivity index (χ2n) is 13.2. The van der Waals surface area contributed by atoms with E-state index in [1.165, 1.54) is 5.57 Å². The van der Waals surface area contributed by atoms with Crippen LogP contribution in [0, 0.1) is 11.8 Å². The molecule has 2 aliphatic rings. The van der Waals surface area contributed by atoms with Crippen molar-refractivity contribution in [3.05, 3.63) is 47.1 Å². The molecule has 0 spiro atoms. The van der Waals surface area contributed by atoms with Crippen LogP contribution >= 0.6 is 7.82 Å². The SMILES string of the molecule is C=C(C)[C@@H]1CCC(C)=C[C@H]1c1c(O)cc(CCCCC)cc1OC(=O)C1(OP(=O)([O-])OCC(CCC)CCC)CCCCC1. The third kappa shape index (κ3) is 10.0. The number of carbonyl (C=O) groups is 1. The number of unbranched alkanes of at least 4 members (excludes halogenated alkanes) is 2. The number of phenols is 1. The molecule has 248 valence electrons. The van der Waals surface area contributed by atoms with Crippen LogP contribution in [0.2, 0.25) is 0 Å². The van der Waals surface area contributed by atoms with Gasteiger partial charge in [0.15, 0.2) is 5.60 Å². The highest BCUT2D eigenvalue weighted by atomic mass is 31.2. The van der Waals surface area contributed by atoms with Crippen molar-refractivity contribution in [3.8, 4) is 11.5 Å². The Kier molecular flexibility index (Phi) is 14.2. The minimum Gasteiger partial charge on any atom is -0.756 e. The molecular formula is C36H56O7P-. The molecule has 0 saturated heterocycles. The first-order valence-electron chi connectivity index (χ1n) is 17.0. The summed E-state index contributed by atoms with van der Waals surface area (Å²) in [5.74, 6) is -0.435. The lowest BCUT2D eigenvalue weighted by atomic mass is 9.73. The summed E-state index contributed by atoms with van der Waals surface area (Å²) in [5, 5.41) is 11.5. The first-order chi connectivity index (χ1) is 20.9. The first kappa shape index (κ1) is 36.5. The summed E-state index contributed by atoms with van der Waals surface area (Å²) in [6, 6.07) is 3.63. The lowest BCUT2D eigenvalue weighted by Crippen LogP contribution is -2.46. The maximum absolute atomic E-state index is 14.1. The predicted octanol–water partition coefficient (Wildman–Crippen LogP) is 9.47. The van der Waals surface area contributed by atoms with Crippen LogP contribution in [0.3, 0.4) is 0 Å². The van der Waals surface area contributed by atoms with E-state index in [9.17, 15) is 19.4 Å². The lowest BCUT2D eigenvalue weighted by Gasteiger charge is -2.39. The van der Waals surface area contributed by atoms with Crippen LogP contribution in [0.15, 0.2) is 35.9 Å². The zero-order chi connectivity index (χ0) is 32.3. The number of allylic oxidation sites excluding steroid dienone is 3. The quantitative estimate of drug-likeness (QED) is 0.0600. The van der Waals surface area contributed by atoms with Crippen LogP contribution in [0.1, 0.15) is 142 Å². The van der Waals surface area contributed by atoms with Gasteiger partial charge in [-0.15, -0.1) is 0 Å². The number of esters is 1. The summed E-state index contributed by atoms with van der Waals surface area (Å²) >= 11 is 0. The Morgan fingerprint density at radius 2 is 1.80 bits per heavy atom. The van der Waals surface area contributed by atoms with E-state index >= 15 is 0 Å². The van der Waals surface area contributed by atoms with Crippen molar-refractivity contribution in [1.29, 1.82) is 0 Å². The van der Waals surface area contributed by atoms with E-state index in [-0.39, 0.29) is 48.7 Å². The van der Waals surface area contributed by atoms with Gasteiger partial charge in [0.25, 0.3) is 7.82 Å². The van der Waals surface area contributed by atoms with Gasteiger partial charge in [-0.1, -0.05) is 76.7 Å². The molecule has 44 heavy (non-hydrogen) atoms. The number of hydrogen-bond donors (Lipinski definition) is 1. The Bertz CT molecular complexity index is 1180. The predicted molar refractivity (Wildman–Crippen MR) is 175 cm³/mol. The van der Waals surface area contributed by atoms with Crippen LogP contribution in [-0.2, 0) is 24.8 Å². The summed E-state index contributed by atoms with van der Waals surface area (Å²) in [6.07, 6.45) is 14.0. The van der Waals surface area contributed by atoms with Gasteiger partial charge in [-0.05, 0) is 108 Å². The number of aryl methyl sites for hydroxylation is 1. The Morgan fingerprint density at radius 1 is 1.11 bits per heavy atom. The average molecular weight is 632 g/mol. The monoisotopic (exact) mass is 631 g/mol. The molecule has 3 atom stereocenters. The second kappa shape index (κ2) is 17.1. The van der Waals surface area contributed by atoms with Crippen molar-refractivity contribution in [2.75, 3.05) is 6.61 Å². The maximum atomic E-state index is 14.1. The molecule has 1 aromatic carbocycles. The van der Waals surface area contributed by atoms with Gasteiger partial charge < -0.3 is 19.3 Å². The topological polar surface area (TPSA) is 105 Å². The van der Waals surface area contributed by atoms with Crippen molar-refractivity contribution in [3.63, 3.8) is 0 Å². The Hall–Kier alpha value is -1.92. The van der Waals surface area contributed by atoms with E-state index in [0.717, 1.165) is 81.8 Å². The third-order valence-electron chi connectivity index (χ3n) is 9.35. The van der Waals surface area contributed by atoms with Crippen molar-refractivity contribution in [2.45, 2.75) is 142 Å². The van der Waals surface area contributed by atoms with Crippen molar-refractivity contribution in [2.24, 2.45) is 11.8 Å². The summed E-state index contributed by atoms with van der Waals surface area (Å²) in [4.78, 5) is 27.3. The maximum Gasteiger partial charge on any atom is 0.344 e. The number of benzene rings is 1. The van der Waals surface area contributed by atoms with E-state index in [4.69, 9.17) is 13.8 Å². The highest BCUT2D eigenvalue weighted by Crippen LogP contribution is 2.51. The molecule has 1 fully saturated rings. The van der Waals surface area contributed by atoms with Gasteiger partial charge in [0.05, 0.1) is 6.61 Å². The Morgan fingerprint density at radius 3 is 2.41 bits per heavy atom. The largest absolute Gasteiger partial charge is 0.756 e. The minimum atomic E-state index is -4.81. The van der Waals surface area contributed by atoms with Gasteiger partial charge in [0.1, 0.15) is 11.5 Å². The molecule has 3 rings (SSSR count). The number of carbonyl (C=O) groups excluding carboxylic acids is 1. The third-order valence-corrected chi connectivity index (χ3v) is 10.4. The highest BCUT2D eigenvalue weighted by Gasteiger charge is 2.46. The standard InChI is InChI=1S/C36H57O7P/c1-7-10-12-17-29-23-32(37)34(31-22-27(6)18-19-30(31)26(4)5)33(24-29)42-35(38)36(20-13-11-14-21-36)43-44(39,40)41-25-28(15-8-2)16-9-3/h22-24,28,30-31,37H,4,7-21,25H2,1-3,5-6H3,(H,39,40)/p-1/t30-,31+/m0/s1. The van der Waals surface area contributed by atoms with Crippen LogP contribution in [0.25, 0.3) is 0 Å². The number of phosphoric ester groups is 1. The van der Waals surface area contributed by atoms with Crippen molar-refractivity contribution in [1.82, 2.24) is 0 Å². The van der Waals surface area contributed by atoms with Gasteiger partial charge in [-0.2, -0.15) is 0 Å². The van der Waals surface area contributed by atoms with E-state index < -0.39 is 19.4 Å². The van der Waals surface area contributed by atoms with Gasteiger partial charge in [-0.25, -0.2) is 4.79 Å². The van der Waals surface area contributed by atoms with Crippen LogP contribution in [0.5, 0.6) is 11.5 Å². The fourth-order valence-corrected chi connectivity index (χ4v) is 8.06. The molecule has 7 nitrogen and oxygen atoms in total. The number of phenolic OH excluding ortho intramolecular Hbond substituents is 1. The normalized spacial score (nSPS) is 21.5. The lowest BCUT2D eigenvalue weighted by molar-refractivity contribution is -0.241. The number of rotatable bonds is 17. The van der Waals surface area contributed by atoms with Gasteiger partial charge in [-0.3, -0.25) is 9.09 Å². The fraction of sp³-hybridized carbons (Fsp3) is 0.694. The van der Waals surface area contributed by atoms with Crippen molar-refractivity contribution >= 4 is 13.8 Å². The van der Waals surface area contributed by atoms with E-state index in [1.54, 1.807) is 6.07 Å². The molecule has 1 aromatic rings. The number of hydrogen-bond acceptors (Lipinski definition) is 7. The first-order valence-corrected chi connectivity index (χ1v) is 18.5. The molecule has 0 heterocycles. The fourth-order valence-electron chi connectivity index (χ4n) is 6.93. The average Bonchev–Trinajstić information content (AvgIpc) is 2.96. The molecule has 0 aromatic heterocycles. The van der Waals surface area contributed by atoms with Crippen LogP contribution < -0.4 is 9.63 Å². The molecule has 1 saturated carbocycles. The molecule has 0 aliphatic heterocycles. The molecule has 0 bridgehead atoms. The Labute approximate surface area is 266 Å². The van der Waals surface area contributed by atoms with Gasteiger partial charge in [0.2, 0.25) is 0 Å². The zero-order valence-corrected chi connectivity index (χ0v) is 28.7. The van der Waals surface area contributed by atoms with E-state index in [2.05, 4.69) is 40.3 Å². The number of aromatic hydroxyl groups is 1. The second-order valence-corrected chi connectivity index (χ2v) is 14.6. The van der Waals surface area contributed by atoms with Crippen molar-refractivity contribution < 1.29 is 33.1 Å². The van der Waals surface area contributed by atoms with E-state index in [1.807, 2.05) is 13.0 Å². The van der Waals surface area contributed by atoms with E-state index in [0.29, 0.717) is 18.4 Å². The summed E-state index contributed by atoms with van der Waals surface area (Å²) in [6.45, 7) is 14.6. The smallest absolute Gasteiger partial charge is 0.344 e. The molecular weight excluding hydrogens is 575 g/mol. The summed E-state index contributed by atoms with van der Waals surface area (Å²) in [7, 11) is -4.81. The van der Waals surface area contributed by atoms with Gasteiger partial charge in [0, 0.05) is 11.5 Å². The number of phosphoric acid groups is 1. The minimum absolute atomic E-state index is 0.0427. The van der Waals surface area contributed by atoms with Gasteiger partial charge >= 0.3 is 5.97 Å². The Balaban J connectivity index is 1.98.